The Balaban J connectivity index is 1.63. The fourth-order valence-electron chi connectivity index (χ4n) is 2.67. The molecule has 4 rings (SSSR count). The quantitative estimate of drug-likeness (QED) is 0.462. The Morgan fingerprint density at radius 3 is 2.81 bits per heavy atom. The molecule has 7 heteroatoms. The molecule has 0 atom stereocenters. The van der Waals surface area contributed by atoms with Gasteiger partial charge in [0.1, 0.15) is 9.98 Å². The molecule has 3 heterocycles. The lowest BCUT2D eigenvalue weighted by atomic mass is 10.1. The van der Waals surface area contributed by atoms with E-state index in [1.54, 1.807) is 6.07 Å². The number of nitrogens with zero attached hydrogens (tertiary/aromatic N) is 2. The number of nitrogens with one attached hydrogen (secondary N) is 1. The van der Waals surface area contributed by atoms with E-state index in [2.05, 4.69) is 10.3 Å². The highest BCUT2D eigenvalue weighted by atomic mass is 35.5. The van der Waals surface area contributed by atoms with Crippen LogP contribution in [-0.4, -0.2) is 15.3 Å². The van der Waals surface area contributed by atoms with Crippen molar-refractivity contribution in [2.45, 2.75) is 6.92 Å². The van der Waals surface area contributed by atoms with E-state index in [9.17, 15) is 4.79 Å². The number of carbonyl (C=O) groups is 1. The van der Waals surface area contributed by atoms with Crippen LogP contribution in [0.4, 0.5) is 5.69 Å². The number of thiophene rings is 1. The molecule has 0 aliphatic carbocycles. The summed E-state index contributed by atoms with van der Waals surface area (Å²) in [6.07, 6.45) is 3.94. The SMILES string of the molecule is Cc1ccn2cc(-c3cccc(NC(=O)c4cc(Cl)sc4Cl)c3)nc2c1. The first kappa shape index (κ1) is 17.1. The summed E-state index contributed by atoms with van der Waals surface area (Å²) in [5.74, 6) is -0.291. The fourth-order valence-corrected chi connectivity index (χ4v) is 4.13. The molecule has 3 aromatic heterocycles. The van der Waals surface area contributed by atoms with Gasteiger partial charge < -0.3 is 9.72 Å². The largest absolute Gasteiger partial charge is 0.322 e. The lowest BCUT2D eigenvalue weighted by Crippen LogP contribution is -2.11. The summed E-state index contributed by atoms with van der Waals surface area (Å²) in [6.45, 7) is 2.03. The first-order valence-electron chi connectivity index (χ1n) is 7.81. The molecule has 0 fully saturated rings. The van der Waals surface area contributed by atoms with Crippen molar-refractivity contribution in [1.29, 1.82) is 0 Å². The van der Waals surface area contributed by atoms with Gasteiger partial charge in [-0.05, 0) is 42.8 Å². The molecule has 1 amide bonds. The number of aryl methyl sites for hydroxylation is 1. The second-order valence-corrected chi connectivity index (χ2v) is 8.15. The van der Waals surface area contributed by atoms with Crippen LogP contribution in [0.2, 0.25) is 8.67 Å². The van der Waals surface area contributed by atoms with Gasteiger partial charge in [0.15, 0.2) is 0 Å². The van der Waals surface area contributed by atoms with E-state index < -0.39 is 0 Å². The molecular weight excluding hydrogens is 389 g/mol. The summed E-state index contributed by atoms with van der Waals surface area (Å²) < 4.78 is 2.83. The molecule has 0 spiro atoms. The van der Waals surface area contributed by atoms with Gasteiger partial charge in [0.25, 0.3) is 5.91 Å². The first-order chi connectivity index (χ1) is 12.5. The van der Waals surface area contributed by atoms with Crippen LogP contribution in [0.15, 0.2) is 54.9 Å². The molecule has 4 aromatic rings. The zero-order valence-electron chi connectivity index (χ0n) is 13.7. The van der Waals surface area contributed by atoms with Crippen LogP contribution in [-0.2, 0) is 0 Å². The molecule has 26 heavy (non-hydrogen) atoms. The third kappa shape index (κ3) is 3.33. The number of hydrogen-bond donors (Lipinski definition) is 1. The molecule has 1 N–H and O–H groups in total. The Hall–Kier alpha value is -2.34. The Bertz CT molecular complexity index is 1130. The van der Waals surface area contributed by atoms with Gasteiger partial charge in [-0.2, -0.15) is 0 Å². The third-order valence-electron chi connectivity index (χ3n) is 3.93. The fraction of sp³-hybridized carbons (Fsp3) is 0.0526. The van der Waals surface area contributed by atoms with Crippen molar-refractivity contribution >= 4 is 51.8 Å². The Kier molecular flexibility index (Phi) is 4.44. The average Bonchev–Trinajstić information content (AvgIpc) is 3.17. The van der Waals surface area contributed by atoms with Crippen molar-refractivity contribution in [3.05, 3.63) is 74.7 Å². The smallest absolute Gasteiger partial charge is 0.258 e. The molecule has 0 saturated carbocycles. The van der Waals surface area contributed by atoms with E-state index >= 15 is 0 Å². The van der Waals surface area contributed by atoms with Gasteiger partial charge in [0.2, 0.25) is 0 Å². The van der Waals surface area contributed by atoms with Crippen LogP contribution in [0.1, 0.15) is 15.9 Å². The van der Waals surface area contributed by atoms with Crippen molar-refractivity contribution in [1.82, 2.24) is 9.38 Å². The second-order valence-electron chi connectivity index (χ2n) is 5.87. The Labute approximate surface area is 164 Å². The maximum Gasteiger partial charge on any atom is 0.258 e. The Morgan fingerprint density at radius 2 is 2.04 bits per heavy atom. The predicted octanol–water partition coefficient (Wildman–Crippen LogP) is 5.93. The molecular formula is C19H13Cl2N3OS. The summed E-state index contributed by atoms with van der Waals surface area (Å²) in [5.41, 5.74) is 4.83. The van der Waals surface area contributed by atoms with Crippen molar-refractivity contribution < 1.29 is 4.79 Å². The molecule has 0 radical (unpaired) electrons. The van der Waals surface area contributed by atoms with E-state index in [0.29, 0.717) is 19.9 Å². The monoisotopic (exact) mass is 401 g/mol. The maximum atomic E-state index is 12.4. The van der Waals surface area contributed by atoms with Crippen molar-refractivity contribution in [3.8, 4) is 11.3 Å². The van der Waals surface area contributed by atoms with Crippen LogP contribution in [0.5, 0.6) is 0 Å². The minimum Gasteiger partial charge on any atom is -0.322 e. The number of benzene rings is 1. The van der Waals surface area contributed by atoms with E-state index in [4.69, 9.17) is 23.2 Å². The van der Waals surface area contributed by atoms with Gasteiger partial charge in [-0.15, -0.1) is 11.3 Å². The molecule has 130 valence electrons. The van der Waals surface area contributed by atoms with E-state index in [0.717, 1.165) is 22.5 Å². The number of halogens is 2. The number of rotatable bonds is 3. The lowest BCUT2D eigenvalue weighted by Gasteiger charge is -2.06. The summed E-state index contributed by atoms with van der Waals surface area (Å²) >= 11 is 13.1. The summed E-state index contributed by atoms with van der Waals surface area (Å²) in [6, 6.07) is 13.2. The van der Waals surface area contributed by atoms with Gasteiger partial charge >= 0.3 is 0 Å². The third-order valence-corrected chi connectivity index (χ3v) is 5.42. The standard InChI is InChI=1S/C19H13Cl2N3OS/c1-11-5-6-24-10-15(23-17(24)7-11)12-3-2-4-13(8-12)22-19(25)14-9-16(20)26-18(14)21/h2-10H,1H3,(H,22,25). The number of amides is 1. The van der Waals surface area contributed by atoms with Crippen LogP contribution in [0.25, 0.3) is 16.9 Å². The number of pyridine rings is 1. The number of anilines is 1. The summed E-state index contributed by atoms with van der Waals surface area (Å²) in [5, 5.41) is 2.86. The number of aromatic nitrogens is 2. The molecule has 0 saturated heterocycles. The van der Waals surface area contributed by atoms with Gasteiger partial charge in [-0.1, -0.05) is 35.3 Å². The highest BCUT2D eigenvalue weighted by molar-refractivity contribution is 7.20. The maximum absolute atomic E-state index is 12.4. The lowest BCUT2D eigenvalue weighted by molar-refractivity contribution is 0.102. The number of carbonyl (C=O) groups excluding carboxylic acids is 1. The Morgan fingerprint density at radius 1 is 1.19 bits per heavy atom. The molecule has 0 aliphatic heterocycles. The van der Waals surface area contributed by atoms with Gasteiger partial charge in [0.05, 0.1) is 15.6 Å². The zero-order chi connectivity index (χ0) is 18.3. The summed E-state index contributed by atoms with van der Waals surface area (Å²) in [7, 11) is 0. The molecule has 4 nitrogen and oxygen atoms in total. The van der Waals surface area contributed by atoms with Gasteiger partial charge in [-0.25, -0.2) is 4.98 Å². The minimum atomic E-state index is -0.291. The first-order valence-corrected chi connectivity index (χ1v) is 9.39. The van der Waals surface area contributed by atoms with Crippen molar-refractivity contribution in [3.63, 3.8) is 0 Å². The molecule has 0 aliphatic rings. The van der Waals surface area contributed by atoms with Crippen LogP contribution < -0.4 is 5.32 Å². The van der Waals surface area contributed by atoms with Gasteiger partial charge in [0, 0.05) is 23.6 Å². The summed E-state index contributed by atoms with van der Waals surface area (Å²) in [4.78, 5) is 17.1. The molecule has 0 bridgehead atoms. The highest BCUT2D eigenvalue weighted by Crippen LogP contribution is 2.32. The number of hydrogen-bond acceptors (Lipinski definition) is 3. The van der Waals surface area contributed by atoms with Crippen molar-refractivity contribution in [2.24, 2.45) is 0 Å². The zero-order valence-corrected chi connectivity index (χ0v) is 16.0. The number of imidazole rings is 1. The normalized spacial score (nSPS) is 11.0. The van der Waals surface area contributed by atoms with Crippen LogP contribution >= 0.6 is 34.5 Å². The van der Waals surface area contributed by atoms with E-state index in [1.807, 2.05) is 60.1 Å². The highest BCUT2D eigenvalue weighted by Gasteiger charge is 2.15. The van der Waals surface area contributed by atoms with E-state index in [1.165, 1.54) is 11.3 Å². The minimum absolute atomic E-state index is 0.291. The average molecular weight is 402 g/mol. The van der Waals surface area contributed by atoms with E-state index in [-0.39, 0.29) is 5.91 Å². The second kappa shape index (κ2) is 6.76. The molecule has 0 unspecified atom stereocenters. The van der Waals surface area contributed by atoms with Crippen molar-refractivity contribution in [2.75, 3.05) is 5.32 Å². The van der Waals surface area contributed by atoms with Crippen LogP contribution in [0.3, 0.4) is 0 Å². The van der Waals surface area contributed by atoms with Gasteiger partial charge in [-0.3, -0.25) is 4.79 Å². The number of fused-ring (bicyclic) bond motifs is 1. The predicted molar refractivity (Wildman–Crippen MR) is 108 cm³/mol. The molecule has 1 aromatic carbocycles. The topological polar surface area (TPSA) is 46.4 Å². The van der Waals surface area contributed by atoms with Crippen LogP contribution in [0, 0.1) is 6.92 Å².